The second-order valence-electron chi connectivity index (χ2n) is 11.1. The van der Waals surface area contributed by atoms with Gasteiger partial charge in [0.15, 0.2) is 12.0 Å². The van der Waals surface area contributed by atoms with Crippen LogP contribution in [0, 0.1) is 5.21 Å². The van der Waals surface area contributed by atoms with Gasteiger partial charge < -0.3 is 25.3 Å². The molecule has 0 aliphatic carbocycles. The monoisotopic (exact) mass is 642 g/mol. The van der Waals surface area contributed by atoms with Gasteiger partial charge in [-0.15, -0.1) is 0 Å². The predicted molar refractivity (Wildman–Crippen MR) is 165 cm³/mol. The molecule has 2 saturated heterocycles. The largest absolute Gasteiger partial charge is 0.618 e. The van der Waals surface area contributed by atoms with E-state index in [4.69, 9.17) is 4.74 Å². The van der Waals surface area contributed by atoms with Gasteiger partial charge in [0.25, 0.3) is 0 Å². The highest BCUT2D eigenvalue weighted by molar-refractivity contribution is 7.89. The maximum absolute atomic E-state index is 14.0. The van der Waals surface area contributed by atoms with Gasteiger partial charge in [-0.25, -0.2) is 13.2 Å². The van der Waals surface area contributed by atoms with E-state index in [0.29, 0.717) is 5.56 Å². The SMILES string of the molecule is O=C(NC(Cc1cccc(O)c1)C(=O)N1CCC2C1C(=O)CN2S(=O)(=O)c1cccc[n+]1[O-])Oc1ccc(-c2ccccc2)cc1. The topological polar surface area (TPSA) is 160 Å². The Bertz CT molecular complexity index is 1890. The van der Waals surface area contributed by atoms with Crippen LogP contribution >= 0.6 is 0 Å². The molecule has 6 rings (SSSR count). The molecule has 3 aromatic carbocycles. The molecule has 2 N–H and O–H groups in total. The average molecular weight is 643 g/mol. The lowest BCUT2D eigenvalue weighted by Crippen LogP contribution is -2.53. The van der Waals surface area contributed by atoms with E-state index in [1.165, 1.54) is 29.2 Å². The lowest BCUT2D eigenvalue weighted by atomic mass is 10.0. The van der Waals surface area contributed by atoms with Crippen molar-refractivity contribution < 1.29 is 37.4 Å². The Morgan fingerprint density at radius 1 is 0.978 bits per heavy atom. The highest BCUT2D eigenvalue weighted by Crippen LogP contribution is 2.34. The van der Waals surface area contributed by atoms with Crippen LogP contribution in [-0.2, 0) is 26.0 Å². The molecular formula is C33H30N4O8S. The van der Waals surface area contributed by atoms with E-state index >= 15 is 0 Å². The van der Waals surface area contributed by atoms with Gasteiger partial charge in [-0.1, -0.05) is 54.6 Å². The molecule has 3 unspecified atom stereocenters. The van der Waals surface area contributed by atoms with Crippen molar-refractivity contribution in [2.24, 2.45) is 0 Å². The number of likely N-dealkylation sites (tertiary alicyclic amines) is 1. The summed E-state index contributed by atoms with van der Waals surface area (Å²) in [5, 5.41) is 24.3. The van der Waals surface area contributed by atoms with E-state index in [0.717, 1.165) is 27.7 Å². The smallest absolute Gasteiger partial charge is 0.413 e. The van der Waals surface area contributed by atoms with Crippen molar-refractivity contribution in [2.75, 3.05) is 13.1 Å². The minimum atomic E-state index is -4.35. The van der Waals surface area contributed by atoms with Gasteiger partial charge in [0, 0.05) is 25.1 Å². The van der Waals surface area contributed by atoms with Crippen LogP contribution < -0.4 is 14.8 Å². The number of sulfonamides is 1. The lowest BCUT2D eigenvalue weighted by Gasteiger charge is -2.28. The molecule has 12 nitrogen and oxygen atoms in total. The molecule has 2 aliphatic heterocycles. The van der Waals surface area contributed by atoms with Crippen LogP contribution in [0.3, 0.4) is 0 Å². The van der Waals surface area contributed by atoms with E-state index in [1.807, 2.05) is 30.3 Å². The zero-order valence-corrected chi connectivity index (χ0v) is 25.2. The molecule has 0 bridgehead atoms. The zero-order valence-electron chi connectivity index (χ0n) is 24.4. The highest BCUT2D eigenvalue weighted by atomic mass is 32.2. The van der Waals surface area contributed by atoms with Crippen LogP contribution in [0.5, 0.6) is 11.5 Å². The van der Waals surface area contributed by atoms with Gasteiger partial charge >= 0.3 is 21.1 Å². The number of phenols is 1. The normalized spacial score (nSPS) is 18.6. The van der Waals surface area contributed by atoms with E-state index in [9.17, 15) is 33.1 Å². The Balaban J connectivity index is 1.21. The minimum absolute atomic E-state index is 0.0330. The third-order valence-corrected chi connectivity index (χ3v) is 10.00. The Morgan fingerprint density at radius 2 is 1.70 bits per heavy atom. The molecule has 2 fully saturated rings. The van der Waals surface area contributed by atoms with Crippen molar-refractivity contribution in [3.05, 3.63) is 114 Å². The van der Waals surface area contributed by atoms with E-state index < -0.39 is 57.5 Å². The summed E-state index contributed by atoms with van der Waals surface area (Å²) in [5.41, 5.74) is 2.44. The summed E-state index contributed by atoms with van der Waals surface area (Å²) >= 11 is 0. The minimum Gasteiger partial charge on any atom is -0.618 e. The van der Waals surface area contributed by atoms with E-state index in [2.05, 4.69) is 5.32 Å². The average Bonchev–Trinajstić information content (AvgIpc) is 3.63. The number of carbonyl (C=O) groups excluding carboxylic acids is 3. The molecule has 1 aromatic heterocycles. The van der Waals surface area contributed by atoms with Gasteiger partial charge in [0.1, 0.15) is 23.6 Å². The second-order valence-corrected chi connectivity index (χ2v) is 12.9. The summed E-state index contributed by atoms with van der Waals surface area (Å²) in [5.74, 6) is -0.900. The maximum atomic E-state index is 14.0. The highest BCUT2D eigenvalue weighted by Gasteiger charge is 2.55. The number of hydrogen-bond donors (Lipinski definition) is 2. The first-order valence-electron chi connectivity index (χ1n) is 14.6. The van der Waals surface area contributed by atoms with Crippen molar-refractivity contribution in [3.63, 3.8) is 0 Å². The molecule has 3 heterocycles. The number of benzene rings is 3. The number of phenolic OH excluding ortho intramolecular Hbond substituents is 1. The number of ether oxygens (including phenoxy) is 1. The lowest BCUT2D eigenvalue weighted by molar-refractivity contribution is -0.646. The number of nitrogens with zero attached hydrogens (tertiary/aromatic N) is 3. The molecular weight excluding hydrogens is 612 g/mol. The summed E-state index contributed by atoms with van der Waals surface area (Å²) in [4.78, 5) is 41.6. The summed E-state index contributed by atoms with van der Waals surface area (Å²) in [6, 6.07) is 23.5. The Labute approximate surface area is 265 Å². The van der Waals surface area contributed by atoms with Crippen LogP contribution in [0.15, 0.2) is 108 Å². The van der Waals surface area contributed by atoms with Crippen molar-refractivity contribution >= 4 is 27.8 Å². The van der Waals surface area contributed by atoms with Crippen LogP contribution in [0.2, 0.25) is 0 Å². The van der Waals surface area contributed by atoms with Gasteiger partial charge in [0.05, 0.1) is 12.6 Å². The molecule has 0 radical (unpaired) electrons. The van der Waals surface area contributed by atoms with Gasteiger partial charge in [0.2, 0.25) is 5.91 Å². The van der Waals surface area contributed by atoms with Crippen molar-refractivity contribution in [1.82, 2.24) is 14.5 Å². The molecule has 0 spiro atoms. The zero-order chi connectivity index (χ0) is 32.4. The first kappa shape index (κ1) is 30.7. The Morgan fingerprint density at radius 3 is 2.41 bits per heavy atom. The van der Waals surface area contributed by atoms with Gasteiger partial charge in [-0.2, -0.15) is 9.04 Å². The third kappa shape index (κ3) is 6.14. The molecule has 2 aliphatic rings. The number of hydrogen-bond acceptors (Lipinski definition) is 8. The van der Waals surface area contributed by atoms with Crippen molar-refractivity contribution in [3.8, 4) is 22.6 Å². The van der Waals surface area contributed by atoms with Gasteiger partial charge in [-0.3, -0.25) is 9.59 Å². The molecule has 3 atom stereocenters. The fraction of sp³-hybridized carbons (Fsp3) is 0.212. The molecule has 0 saturated carbocycles. The maximum Gasteiger partial charge on any atom is 0.413 e. The Kier molecular flexibility index (Phi) is 8.43. The van der Waals surface area contributed by atoms with Crippen LogP contribution in [0.1, 0.15) is 12.0 Å². The van der Waals surface area contributed by atoms with Crippen LogP contribution in [0.4, 0.5) is 4.79 Å². The van der Waals surface area contributed by atoms with Crippen LogP contribution in [-0.4, -0.2) is 71.7 Å². The van der Waals surface area contributed by atoms with Crippen LogP contribution in [0.25, 0.3) is 11.1 Å². The number of fused-ring (bicyclic) bond motifs is 1. The molecule has 13 heteroatoms. The number of aromatic nitrogens is 1. The summed E-state index contributed by atoms with van der Waals surface area (Å²) in [6.45, 7) is -0.450. The third-order valence-electron chi connectivity index (χ3n) is 8.13. The number of ketones is 1. The first-order chi connectivity index (χ1) is 22.1. The number of aromatic hydroxyl groups is 1. The molecule has 236 valence electrons. The Hall–Kier alpha value is -5.27. The quantitative estimate of drug-likeness (QED) is 0.219. The van der Waals surface area contributed by atoms with E-state index in [1.54, 1.807) is 36.4 Å². The fourth-order valence-electron chi connectivity index (χ4n) is 6.02. The number of rotatable bonds is 8. The van der Waals surface area contributed by atoms with E-state index in [-0.39, 0.29) is 35.6 Å². The van der Waals surface area contributed by atoms with Crippen molar-refractivity contribution in [2.45, 2.75) is 36.0 Å². The summed E-state index contributed by atoms with van der Waals surface area (Å²) < 4.78 is 33.5. The second kappa shape index (κ2) is 12.6. The molecule has 4 aromatic rings. The standard InChI is InChI=1S/C33H30N4O8S/c38-25-10-6-7-22(19-25)20-27(34-33(41)45-26-14-12-24(13-15-26)23-8-2-1-3-9-23)32(40)35-18-16-28-31(35)29(39)21-37(28)46(43,44)30-11-4-5-17-36(30)42/h1-15,17,19,27-28,31,38H,16,18,20-21H2,(H,34,41). The number of nitrogens with one attached hydrogen (secondary N) is 1. The van der Waals surface area contributed by atoms with Crippen molar-refractivity contribution in [1.29, 1.82) is 0 Å². The number of pyridine rings is 1. The summed E-state index contributed by atoms with van der Waals surface area (Å²) in [6.07, 6.45) is 0.262. The fourth-order valence-corrected chi connectivity index (χ4v) is 7.67. The molecule has 2 amide bonds. The first-order valence-corrected chi connectivity index (χ1v) is 16.0. The number of Topliss-reactive ketones (excluding diaryl/α,β-unsaturated/α-hetero) is 1. The predicted octanol–water partition coefficient (Wildman–Crippen LogP) is 2.64. The molecule has 46 heavy (non-hydrogen) atoms. The number of amides is 2. The van der Waals surface area contributed by atoms with Gasteiger partial charge in [-0.05, 0) is 53.4 Å². The summed E-state index contributed by atoms with van der Waals surface area (Å²) in [7, 11) is -4.35. The number of carbonyl (C=O) groups is 3.